The Morgan fingerprint density at radius 1 is 1.47 bits per heavy atom. The number of hydrogen-bond donors (Lipinski definition) is 4. The van der Waals surface area contributed by atoms with E-state index in [1.54, 1.807) is 12.4 Å². The van der Waals surface area contributed by atoms with Crippen LogP contribution in [0.2, 0.25) is 0 Å². The molecule has 2 rings (SSSR count). The summed E-state index contributed by atoms with van der Waals surface area (Å²) >= 11 is 0. The van der Waals surface area contributed by atoms with Crippen LogP contribution in [0.3, 0.4) is 0 Å². The minimum absolute atomic E-state index is 0.747. The number of fused-ring (bicyclic) bond motifs is 1. The summed E-state index contributed by atoms with van der Waals surface area (Å²) in [5.74, 6) is 0.904. The number of rotatable bonds is 0. The van der Waals surface area contributed by atoms with Crippen molar-refractivity contribution >= 4 is 13.5 Å². The predicted octanol–water partition coefficient (Wildman–Crippen LogP) is -0.0427. The lowest BCUT2D eigenvalue weighted by Gasteiger charge is -2.17. The normalized spacial score (nSPS) is 13.8. The molecule has 7 nitrogen and oxygen atoms in total. The summed E-state index contributed by atoms with van der Waals surface area (Å²) in [6.07, 6.45) is 3.50. The van der Waals surface area contributed by atoms with E-state index in [9.17, 15) is 0 Å². The van der Waals surface area contributed by atoms with Gasteiger partial charge in [-0.05, 0) is 0 Å². The third-order valence-electron chi connectivity index (χ3n) is 1.46. The van der Waals surface area contributed by atoms with Crippen molar-refractivity contribution in [2.75, 3.05) is 18.5 Å². The van der Waals surface area contributed by atoms with E-state index < -0.39 is 7.82 Å². The molecular formula is C7H11N2O5P. The monoisotopic (exact) mass is 234 g/mol. The SMILES string of the molecule is O=P(O)(O)O.c1cc2c(cn1)NCCO2. The number of nitrogens with zero attached hydrogens (tertiary/aromatic N) is 1. The summed E-state index contributed by atoms with van der Waals surface area (Å²) in [6, 6.07) is 1.86. The molecule has 0 spiro atoms. The molecule has 0 aromatic carbocycles. The fraction of sp³-hybridized carbons (Fsp3) is 0.286. The molecular weight excluding hydrogens is 223 g/mol. The molecule has 1 aliphatic rings. The van der Waals surface area contributed by atoms with Crippen molar-refractivity contribution in [2.45, 2.75) is 0 Å². The van der Waals surface area contributed by atoms with Gasteiger partial charge in [0.25, 0.3) is 0 Å². The van der Waals surface area contributed by atoms with Crippen molar-refractivity contribution in [3.63, 3.8) is 0 Å². The van der Waals surface area contributed by atoms with Crippen molar-refractivity contribution in [2.24, 2.45) is 0 Å². The molecule has 8 heteroatoms. The predicted molar refractivity (Wildman–Crippen MR) is 52.5 cm³/mol. The second kappa shape index (κ2) is 5.09. The van der Waals surface area contributed by atoms with E-state index in [1.165, 1.54) is 0 Å². The maximum atomic E-state index is 8.88. The molecule has 15 heavy (non-hydrogen) atoms. The highest BCUT2D eigenvalue weighted by molar-refractivity contribution is 7.45. The minimum Gasteiger partial charge on any atom is -0.489 e. The van der Waals surface area contributed by atoms with Gasteiger partial charge in [0.15, 0.2) is 0 Å². The molecule has 0 bridgehead atoms. The van der Waals surface area contributed by atoms with Crippen molar-refractivity contribution in [3.8, 4) is 5.75 Å². The lowest BCUT2D eigenvalue weighted by Crippen LogP contribution is -2.17. The van der Waals surface area contributed by atoms with Crippen LogP contribution in [0.1, 0.15) is 0 Å². The van der Waals surface area contributed by atoms with Crippen molar-refractivity contribution in [1.29, 1.82) is 0 Å². The molecule has 4 N–H and O–H groups in total. The first kappa shape index (κ1) is 11.9. The molecule has 0 aliphatic carbocycles. The van der Waals surface area contributed by atoms with E-state index in [0.29, 0.717) is 0 Å². The van der Waals surface area contributed by atoms with E-state index >= 15 is 0 Å². The first-order valence-corrected chi connectivity index (χ1v) is 5.62. The van der Waals surface area contributed by atoms with Gasteiger partial charge in [-0.3, -0.25) is 4.98 Å². The van der Waals surface area contributed by atoms with E-state index in [2.05, 4.69) is 10.3 Å². The largest absolute Gasteiger partial charge is 0.489 e. The quantitative estimate of drug-likeness (QED) is 0.466. The van der Waals surface area contributed by atoms with Crippen LogP contribution in [-0.4, -0.2) is 32.8 Å². The molecule has 1 aliphatic heterocycles. The van der Waals surface area contributed by atoms with E-state index in [-0.39, 0.29) is 0 Å². The molecule has 1 aromatic heterocycles. The van der Waals surface area contributed by atoms with Crippen LogP contribution in [0.4, 0.5) is 5.69 Å². The zero-order valence-corrected chi connectivity index (χ0v) is 8.59. The van der Waals surface area contributed by atoms with Crippen LogP contribution in [0.5, 0.6) is 5.75 Å². The van der Waals surface area contributed by atoms with E-state index in [1.807, 2.05) is 6.07 Å². The lowest BCUT2D eigenvalue weighted by atomic mass is 10.3. The van der Waals surface area contributed by atoms with Crippen molar-refractivity contribution in [1.82, 2.24) is 4.98 Å². The third kappa shape index (κ3) is 5.34. The number of hydrogen-bond acceptors (Lipinski definition) is 4. The van der Waals surface area contributed by atoms with Gasteiger partial charge < -0.3 is 24.7 Å². The zero-order chi connectivity index (χ0) is 11.3. The number of anilines is 1. The van der Waals surface area contributed by atoms with Gasteiger partial charge in [-0.1, -0.05) is 0 Å². The minimum atomic E-state index is -4.64. The van der Waals surface area contributed by atoms with E-state index in [0.717, 1.165) is 24.6 Å². The molecule has 1 aromatic rings. The third-order valence-corrected chi connectivity index (χ3v) is 1.46. The van der Waals surface area contributed by atoms with Crippen molar-refractivity contribution < 1.29 is 24.0 Å². The lowest BCUT2D eigenvalue weighted by molar-refractivity contribution is 0.275. The second-order valence-electron chi connectivity index (χ2n) is 2.66. The number of phosphoric acid groups is 1. The number of nitrogens with one attached hydrogen (secondary N) is 1. The summed E-state index contributed by atoms with van der Waals surface area (Å²) in [6.45, 7) is 1.62. The van der Waals surface area contributed by atoms with Crippen LogP contribution in [-0.2, 0) is 4.57 Å². The Morgan fingerprint density at radius 3 is 2.73 bits per heavy atom. The van der Waals surface area contributed by atoms with Gasteiger partial charge in [-0.2, -0.15) is 0 Å². The maximum Gasteiger partial charge on any atom is 0.466 e. The van der Waals surface area contributed by atoms with Gasteiger partial charge in [0.2, 0.25) is 0 Å². The van der Waals surface area contributed by atoms with Gasteiger partial charge in [0.1, 0.15) is 12.4 Å². The van der Waals surface area contributed by atoms with Crippen LogP contribution in [0.15, 0.2) is 18.5 Å². The first-order chi connectivity index (χ1) is 6.97. The average molecular weight is 234 g/mol. The zero-order valence-electron chi connectivity index (χ0n) is 7.70. The fourth-order valence-corrected chi connectivity index (χ4v) is 0.987. The van der Waals surface area contributed by atoms with Gasteiger partial charge in [0.05, 0.1) is 11.9 Å². The number of ether oxygens (including phenoxy) is 1. The molecule has 0 fully saturated rings. The Bertz CT molecular complexity index is 333. The molecule has 2 heterocycles. The summed E-state index contributed by atoms with van der Waals surface area (Å²) < 4.78 is 14.2. The smallest absolute Gasteiger partial charge is 0.466 e. The molecule has 0 saturated heterocycles. The molecule has 0 atom stereocenters. The molecule has 84 valence electrons. The Kier molecular flexibility index (Phi) is 4.05. The number of pyridine rings is 1. The standard InChI is InChI=1S/C7H8N2O.H3O4P/c1-2-8-5-6-7(1)10-4-3-9-6;1-5(2,3)4/h1-2,5,9H,3-4H2;(H3,1,2,3,4). The highest BCUT2D eigenvalue weighted by Crippen LogP contribution is 2.26. The topological polar surface area (TPSA) is 112 Å². The highest BCUT2D eigenvalue weighted by Gasteiger charge is 2.06. The average Bonchev–Trinajstić information content (AvgIpc) is 2.16. The summed E-state index contributed by atoms with van der Waals surface area (Å²) in [4.78, 5) is 25.5. The van der Waals surface area contributed by atoms with Crippen LogP contribution < -0.4 is 10.1 Å². The summed E-state index contributed by atoms with van der Waals surface area (Å²) in [7, 11) is -4.64. The van der Waals surface area contributed by atoms with Gasteiger partial charge in [-0.25, -0.2) is 4.57 Å². The molecule has 0 radical (unpaired) electrons. The number of aromatic nitrogens is 1. The maximum absolute atomic E-state index is 8.88. The van der Waals surface area contributed by atoms with Crippen LogP contribution in [0, 0.1) is 0 Å². The first-order valence-electron chi connectivity index (χ1n) is 4.06. The molecule has 0 saturated carbocycles. The Hall–Kier alpha value is -1.14. The fourth-order valence-electron chi connectivity index (χ4n) is 0.987. The van der Waals surface area contributed by atoms with Crippen molar-refractivity contribution in [3.05, 3.63) is 18.5 Å². The summed E-state index contributed by atoms with van der Waals surface area (Å²) in [5, 5.41) is 3.18. The van der Waals surface area contributed by atoms with E-state index in [4.69, 9.17) is 24.0 Å². The Balaban J connectivity index is 0.000000195. The van der Waals surface area contributed by atoms with Gasteiger partial charge in [0, 0.05) is 18.8 Å². The highest BCUT2D eigenvalue weighted by atomic mass is 31.2. The van der Waals surface area contributed by atoms with Crippen LogP contribution >= 0.6 is 7.82 Å². The molecule has 0 amide bonds. The van der Waals surface area contributed by atoms with Crippen LogP contribution in [0.25, 0.3) is 0 Å². The second-order valence-corrected chi connectivity index (χ2v) is 3.69. The Labute approximate surface area is 86.0 Å². The van der Waals surface area contributed by atoms with Gasteiger partial charge in [-0.15, -0.1) is 0 Å². The Morgan fingerprint density at radius 2 is 2.13 bits per heavy atom. The summed E-state index contributed by atoms with van der Waals surface area (Å²) in [5.41, 5.74) is 0.994. The molecule has 0 unspecified atom stereocenters. The van der Waals surface area contributed by atoms with Gasteiger partial charge >= 0.3 is 7.82 Å².